The number of benzene rings is 1. The van der Waals surface area contributed by atoms with Crippen LogP contribution >= 0.6 is 0 Å². The lowest BCUT2D eigenvalue weighted by Crippen LogP contribution is -2.43. The van der Waals surface area contributed by atoms with Gasteiger partial charge in [0.2, 0.25) is 0 Å². The van der Waals surface area contributed by atoms with Gasteiger partial charge in [-0.05, 0) is 49.7 Å². The topological polar surface area (TPSA) is 48.9 Å². The van der Waals surface area contributed by atoms with Crippen molar-refractivity contribution in [3.63, 3.8) is 0 Å². The van der Waals surface area contributed by atoms with Gasteiger partial charge >= 0.3 is 0 Å². The first-order valence-corrected chi connectivity index (χ1v) is 9.60. The maximum absolute atomic E-state index is 5.41. The molecule has 2 saturated carbocycles. The second kappa shape index (κ2) is 9.09. The fourth-order valence-corrected chi connectivity index (χ4v) is 3.26. The van der Waals surface area contributed by atoms with E-state index in [9.17, 15) is 0 Å². The first-order chi connectivity index (χ1) is 12.3. The van der Waals surface area contributed by atoms with Crippen molar-refractivity contribution in [2.75, 3.05) is 40.3 Å². The molecule has 138 valence electrons. The number of rotatable bonds is 10. The Morgan fingerprint density at radius 1 is 1.16 bits per heavy atom. The minimum Gasteiger partial charge on any atom is -0.496 e. The molecule has 2 aliphatic rings. The van der Waals surface area contributed by atoms with Gasteiger partial charge in [0, 0.05) is 39.3 Å². The van der Waals surface area contributed by atoms with E-state index >= 15 is 0 Å². The summed E-state index contributed by atoms with van der Waals surface area (Å²) in [4.78, 5) is 7.01. The minimum atomic E-state index is 0.842. The largest absolute Gasteiger partial charge is 0.496 e. The first-order valence-electron chi connectivity index (χ1n) is 9.60. The Morgan fingerprint density at radius 2 is 1.92 bits per heavy atom. The van der Waals surface area contributed by atoms with Crippen molar-refractivity contribution in [3.8, 4) is 5.75 Å². The van der Waals surface area contributed by atoms with Gasteiger partial charge in [0.15, 0.2) is 5.96 Å². The highest BCUT2D eigenvalue weighted by molar-refractivity contribution is 5.79. The number of hydrogen-bond donors (Lipinski definition) is 2. The molecule has 0 bridgehead atoms. The molecule has 0 heterocycles. The van der Waals surface area contributed by atoms with E-state index in [2.05, 4.69) is 32.7 Å². The van der Waals surface area contributed by atoms with Gasteiger partial charge in [-0.3, -0.25) is 9.89 Å². The molecule has 5 nitrogen and oxygen atoms in total. The Kier molecular flexibility index (Phi) is 6.56. The number of nitrogens with zero attached hydrogens (tertiary/aromatic N) is 2. The van der Waals surface area contributed by atoms with E-state index in [4.69, 9.17) is 4.74 Å². The van der Waals surface area contributed by atoms with E-state index in [1.54, 1.807) is 7.11 Å². The molecule has 0 radical (unpaired) electrons. The van der Waals surface area contributed by atoms with Crippen LogP contribution in [-0.2, 0) is 6.42 Å². The fraction of sp³-hybridized carbons (Fsp3) is 0.650. The highest BCUT2D eigenvalue weighted by Crippen LogP contribution is 2.34. The quantitative estimate of drug-likeness (QED) is 0.505. The molecule has 0 saturated heterocycles. The minimum absolute atomic E-state index is 0.842. The number of hydrogen-bond acceptors (Lipinski definition) is 3. The first kappa shape index (κ1) is 18.1. The molecule has 0 amide bonds. The summed E-state index contributed by atoms with van der Waals surface area (Å²) in [6.07, 6.45) is 6.56. The average Bonchev–Trinajstić information content (AvgIpc) is 3.53. The molecule has 1 aromatic carbocycles. The van der Waals surface area contributed by atoms with Crippen molar-refractivity contribution in [1.82, 2.24) is 15.5 Å². The van der Waals surface area contributed by atoms with E-state index in [0.29, 0.717) is 0 Å². The van der Waals surface area contributed by atoms with Crippen LogP contribution in [0, 0.1) is 5.92 Å². The van der Waals surface area contributed by atoms with E-state index < -0.39 is 0 Å². The van der Waals surface area contributed by atoms with Crippen molar-refractivity contribution in [2.45, 2.75) is 38.1 Å². The van der Waals surface area contributed by atoms with Crippen LogP contribution < -0.4 is 15.4 Å². The summed E-state index contributed by atoms with van der Waals surface area (Å²) in [5.41, 5.74) is 1.22. The van der Waals surface area contributed by atoms with Crippen molar-refractivity contribution in [3.05, 3.63) is 29.8 Å². The molecule has 0 aliphatic heterocycles. The van der Waals surface area contributed by atoms with Gasteiger partial charge in [-0.25, -0.2) is 0 Å². The van der Waals surface area contributed by atoms with Crippen LogP contribution in [0.4, 0.5) is 0 Å². The smallest absolute Gasteiger partial charge is 0.191 e. The molecule has 5 heteroatoms. The number of methoxy groups -OCH3 is 1. The van der Waals surface area contributed by atoms with Crippen LogP contribution in [0.5, 0.6) is 5.75 Å². The zero-order valence-electron chi connectivity index (χ0n) is 15.6. The summed E-state index contributed by atoms with van der Waals surface area (Å²) >= 11 is 0. The Hall–Kier alpha value is -1.75. The number of para-hydroxylation sites is 1. The molecule has 0 aromatic heterocycles. The van der Waals surface area contributed by atoms with Crippen molar-refractivity contribution in [2.24, 2.45) is 10.9 Å². The van der Waals surface area contributed by atoms with E-state index in [-0.39, 0.29) is 0 Å². The molecule has 2 N–H and O–H groups in total. The monoisotopic (exact) mass is 344 g/mol. The van der Waals surface area contributed by atoms with Gasteiger partial charge in [0.05, 0.1) is 7.11 Å². The normalized spacial score (nSPS) is 17.6. The number of nitrogens with one attached hydrogen (secondary N) is 2. The van der Waals surface area contributed by atoms with Crippen molar-refractivity contribution < 1.29 is 4.74 Å². The molecule has 25 heavy (non-hydrogen) atoms. The van der Waals surface area contributed by atoms with E-state index in [1.807, 2.05) is 19.2 Å². The summed E-state index contributed by atoms with van der Waals surface area (Å²) < 4.78 is 5.41. The SMILES string of the molecule is CN=C(NCCc1ccccc1OC)NCCN(CC1CC1)C1CC1. The lowest BCUT2D eigenvalue weighted by atomic mass is 10.1. The highest BCUT2D eigenvalue weighted by Gasteiger charge is 2.33. The Labute approximate surface area is 151 Å². The maximum Gasteiger partial charge on any atom is 0.191 e. The fourth-order valence-electron chi connectivity index (χ4n) is 3.26. The Balaban J connectivity index is 1.36. The van der Waals surface area contributed by atoms with Crippen LogP contribution in [-0.4, -0.2) is 57.2 Å². The van der Waals surface area contributed by atoms with Gasteiger partial charge in [-0.15, -0.1) is 0 Å². The molecular formula is C20H32N4O. The van der Waals surface area contributed by atoms with Crippen LogP contribution in [0.3, 0.4) is 0 Å². The van der Waals surface area contributed by atoms with Crippen LogP contribution in [0.25, 0.3) is 0 Å². The third-order valence-electron chi connectivity index (χ3n) is 5.05. The summed E-state index contributed by atoms with van der Waals surface area (Å²) in [6, 6.07) is 9.03. The predicted molar refractivity (Wildman–Crippen MR) is 103 cm³/mol. The van der Waals surface area contributed by atoms with Crippen LogP contribution in [0.15, 0.2) is 29.3 Å². The van der Waals surface area contributed by atoms with Gasteiger partial charge in [-0.2, -0.15) is 0 Å². The standard InChI is InChI=1S/C20H32N4O/c1-21-20(22-12-11-17-5-3-4-6-19(17)25-2)23-13-14-24(18-9-10-18)15-16-7-8-16/h3-6,16,18H,7-15H2,1-2H3,(H2,21,22,23). The lowest BCUT2D eigenvalue weighted by molar-refractivity contribution is 0.256. The van der Waals surface area contributed by atoms with Gasteiger partial charge < -0.3 is 15.4 Å². The second-order valence-electron chi connectivity index (χ2n) is 7.16. The summed E-state index contributed by atoms with van der Waals surface area (Å²) in [7, 11) is 3.56. The number of guanidine groups is 1. The van der Waals surface area contributed by atoms with Crippen molar-refractivity contribution >= 4 is 5.96 Å². The molecule has 1 aromatic rings. The summed E-state index contributed by atoms with van der Waals surface area (Å²) in [6.45, 7) is 4.21. The lowest BCUT2D eigenvalue weighted by Gasteiger charge is -2.22. The molecule has 0 unspecified atom stereocenters. The van der Waals surface area contributed by atoms with Crippen LogP contribution in [0.2, 0.25) is 0 Å². The molecule has 2 aliphatic carbocycles. The third kappa shape index (κ3) is 5.92. The molecule has 0 spiro atoms. The van der Waals surface area contributed by atoms with Gasteiger partial charge in [0.1, 0.15) is 5.75 Å². The maximum atomic E-state index is 5.41. The molecule has 2 fully saturated rings. The van der Waals surface area contributed by atoms with Crippen LogP contribution in [0.1, 0.15) is 31.2 Å². The zero-order chi connectivity index (χ0) is 17.5. The van der Waals surface area contributed by atoms with E-state index in [0.717, 1.165) is 49.7 Å². The Morgan fingerprint density at radius 3 is 2.60 bits per heavy atom. The van der Waals surface area contributed by atoms with Crippen molar-refractivity contribution in [1.29, 1.82) is 0 Å². The van der Waals surface area contributed by atoms with Gasteiger partial charge in [-0.1, -0.05) is 18.2 Å². The van der Waals surface area contributed by atoms with Gasteiger partial charge in [0.25, 0.3) is 0 Å². The zero-order valence-corrected chi connectivity index (χ0v) is 15.6. The predicted octanol–water partition coefficient (Wildman–Crippen LogP) is 2.28. The second-order valence-corrected chi connectivity index (χ2v) is 7.16. The third-order valence-corrected chi connectivity index (χ3v) is 5.05. The average molecular weight is 345 g/mol. The molecular weight excluding hydrogens is 312 g/mol. The van der Waals surface area contributed by atoms with E-state index in [1.165, 1.54) is 37.8 Å². The highest BCUT2D eigenvalue weighted by atomic mass is 16.5. The molecule has 3 rings (SSSR count). The summed E-state index contributed by atoms with van der Waals surface area (Å²) in [5.74, 6) is 2.81. The number of ether oxygens (including phenoxy) is 1. The summed E-state index contributed by atoms with van der Waals surface area (Å²) in [5, 5.41) is 6.86. The molecule has 0 atom stereocenters. The Bertz CT molecular complexity index is 567. The number of aliphatic imine (C=N–C) groups is 1.